The Morgan fingerprint density at radius 1 is 1.44 bits per heavy atom. The third kappa shape index (κ3) is 3.08. The Bertz CT molecular complexity index is 556. The van der Waals surface area contributed by atoms with Crippen LogP contribution in [-0.4, -0.2) is 17.9 Å². The molecule has 5 heteroatoms. The molecule has 0 unspecified atom stereocenters. The monoisotopic (exact) mass is 375 g/mol. The molecule has 0 bridgehead atoms. The highest BCUT2D eigenvalue weighted by molar-refractivity contribution is 14.1. The van der Waals surface area contributed by atoms with E-state index in [1.807, 2.05) is 39.4 Å². The van der Waals surface area contributed by atoms with E-state index in [2.05, 4.69) is 0 Å². The summed E-state index contributed by atoms with van der Waals surface area (Å²) in [5.74, 6) is -0.415. The maximum atomic E-state index is 13.0. The second-order valence-corrected chi connectivity index (χ2v) is 5.86. The van der Waals surface area contributed by atoms with Crippen molar-refractivity contribution in [3.05, 3.63) is 55.5 Å². The highest BCUT2D eigenvalue weighted by atomic mass is 127. The van der Waals surface area contributed by atoms with Crippen LogP contribution in [0.5, 0.6) is 0 Å². The van der Waals surface area contributed by atoms with Crippen LogP contribution >= 0.6 is 33.9 Å². The van der Waals surface area contributed by atoms with Crippen molar-refractivity contribution in [3.63, 3.8) is 0 Å². The van der Waals surface area contributed by atoms with Gasteiger partial charge in [-0.2, -0.15) is 11.3 Å². The fourth-order valence-corrected chi connectivity index (χ4v) is 2.96. The molecular weight excluding hydrogens is 364 g/mol. The largest absolute Gasteiger partial charge is 0.337 e. The molecule has 18 heavy (non-hydrogen) atoms. The lowest BCUT2D eigenvalue weighted by molar-refractivity contribution is 0.0784. The number of carbonyl (C=O) groups excluding carboxylic acids is 1. The van der Waals surface area contributed by atoms with Crippen LogP contribution in [0.3, 0.4) is 0 Å². The second-order valence-electron chi connectivity index (χ2n) is 3.92. The van der Waals surface area contributed by atoms with Crippen molar-refractivity contribution >= 4 is 39.8 Å². The summed E-state index contributed by atoms with van der Waals surface area (Å²) in [4.78, 5) is 13.8. The molecule has 0 fully saturated rings. The third-order valence-corrected chi connectivity index (χ3v) is 4.13. The fraction of sp³-hybridized carbons (Fsp3) is 0.154. The average molecular weight is 375 g/mol. The lowest BCUT2D eigenvalue weighted by Crippen LogP contribution is -2.26. The van der Waals surface area contributed by atoms with Crippen molar-refractivity contribution in [1.29, 1.82) is 0 Å². The van der Waals surface area contributed by atoms with E-state index in [1.54, 1.807) is 23.3 Å². The summed E-state index contributed by atoms with van der Waals surface area (Å²) in [5.41, 5.74) is 1.64. The molecule has 1 amide bonds. The number of benzene rings is 1. The van der Waals surface area contributed by atoms with Crippen molar-refractivity contribution in [2.75, 3.05) is 7.05 Å². The van der Waals surface area contributed by atoms with E-state index >= 15 is 0 Å². The molecule has 0 saturated heterocycles. The normalized spacial score (nSPS) is 10.4. The van der Waals surface area contributed by atoms with Gasteiger partial charge in [0.2, 0.25) is 0 Å². The number of thiophene rings is 1. The van der Waals surface area contributed by atoms with Gasteiger partial charge in [0.05, 0.1) is 5.56 Å². The maximum Gasteiger partial charge on any atom is 0.254 e. The third-order valence-electron chi connectivity index (χ3n) is 2.51. The van der Waals surface area contributed by atoms with Gasteiger partial charge >= 0.3 is 0 Å². The summed E-state index contributed by atoms with van der Waals surface area (Å²) >= 11 is 3.58. The zero-order chi connectivity index (χ0) is 13.1. The van der Waals surface area contributed by atoms with E-state index in [0.717, 1.165) is 5.56 Å². The minimum atomic E-state index is -0.323. The molecule has 0 saturated carbocycles. The maximum absolute atomic E-state index is 13.0. The van der Waals surface area contributed by atoms with Gasteiger partial charge in [0.25, 0.3) is 5.91 Å². The Hall–Kier alpha value is -0.950. The Balaban J connectivity index is 2.15. The van der Waals surface area contributed by atoms with Crippen molar-refractivity contribution in [1.82, 2.24) is 4.90 Å². The van der Waals surface area contributed by atoms with Crippen molar-refractivity contribution in [3.8, 4) is 0 Å². The number of amides is 1. The van der Waals surface area contributed by atoms with Crippen LogP contribution in [0.15, 0.2) is 35.0 Å². The quantitative estimate of drug-likeness (QED) is 0.749. The van der Waals surface area contributed by atoms with Crippen molar-refractivity contribution in [2.24, 2.45) is 0 Å². The number of hydrogen-bond acceptors (Lipinski definition) is 2. The van der Waals surface area contributed by atoms with Crippen LogP contribution in [0, 0.1) is 9.39 Å². The predicted octanol–water partition coefficient (Wildman–Crippen LogP) is 3.76. The van der Waals surface area contributed by atoms with Gasteiger partial charge in [0, 0.05) is 17.2 Å². The molecule has 2 nitrogen and oxygen atoms in total. The van der Waals surface area contributed by atoms with Crippen LogP contribution in [-0.2, 0) is 6.54 Å². The first-order valence-corrected chi connectivity index (χ1v) is 7.31. The van der Waals surface area contributed by atoms with E-state index in [0.29, 0.717) is 15.7 Å². The first kappa shape index (κ1) is 13.5. The average Bonchev–Trinajstić information content (AvgIpc) is 2.81. The van der Waals surface area contributed by atoms with Gasteiger partial charge in [-0.1, -0.05) is 0 Å². The minimum Gasteiger partial charge on any atom is -0.337 e. The summed E-state index contributed by atoms with van der Waals surface area (Å²) in [6, 6.07) is 6.20. The van der Waals surface area contributed by atoms with E-state index < -0.39 is 0 Å². The summed E-state index contributed by atoms with van der Waals surface area (Å²) < 4.78 is 13.6. The molecule has 94 valence electrons. The highest BCUT2D eigenvalue weighted by Gasteiger charge is 2.15. The first-order valence-electron chi connectivity index (χ1n) is 5.29. The molecule has 0 spiro atoms. The zero-order valence-corrected chi connectivity index (χ0v) is 12.7. The molecule has 2 aromatic rings. The van der Waals surface area contributed by atoms with E-state index in [-0.39, 0.29) is 11.7 Å². The number of halogens is 2. The van der Waals surface area contributed by atoms with Crippen LogP contribution in [0.25, 0.3) is 0 Å². The van der Waals surface area contributed by atoms with E-state index in [4.69, 9.17) is 0 Å². The molecule has 2 rings (SSSR count). The minimum absolute atomic E-state index is 0.0920. The molecule has 1 heterocycles. The van der Waals surface area contributed by atoms with Crippen LogP contribution in [0.2, 0.25) is 0 Å². The Kier molecular flexibility index (Phi) is 4.34. The molecule has 1 aromatic heterocycles. The van der Waals surface area contributed by atoms with Gasteiger partial charge in [-0.3, -0.25) is 4.79 Å². The summed E-state index contributed by atoms with van der Waals surface area (Å²) in [6.45, 7) is 0.565. The molecular formula is C13H11FINOS. The van der Waals surface area contributed by atoms with Gasteiger partial charge in [-0.25, -0.2) is 4.39 Å². The zero-order valence-electron chi connectivity index (χ0n) is 9.69. The number of rotatable bonds is 3. The lowest BCUT2D eigenvalue weighted by Gasteiger charge is -2.17. The molecule has 0 radical (unpaired) electrons. The van der Waals surface area contributed by atoms with Gasteiger partial charge in [-0.15, -0.1) is 0 Å². The van der Waals surface area contributed by atoms with Crippen LogP contribution in [0.4, 0.5) is 4.39 Å². The SMILES string of the molecule is CN(Cc1ccsc1)C(=O)c1ccc(F)cc1I. The summed E-state index contributed by atoms with van der Waals surface area (Å²) in [6.07, 6.45) is 0. The molecule has 1 aromatic carbocycles. The van der Waals surface area contributed by atoms with Gasteiger partial charge in [0.1, 0.15) is 5.82 Å². The van der Waals surface area contributed by atoms with Gasteiger partial charge < -0.3 is 4.90 Å². The lowest BCUT2D eigenvalue weighted by atomic mass is 10.2. The predicted molar refractivity (Wildman–Crippen MR) is 79.2 cm³/mol. The summed E-state index contributed by atoms with van der Waals surface area (Å²) in [5, 5.41) is 3.99. The molecule has 0 atom stereocenters. The molecule has 0 N–H and O–H groups in total. The number of carbonyl (C=O) groups is 1. The topological polar surface area (TPSA) is 20.3 Å². The van der Waals surface area contributed by atoms with Crippen LogP contribution < -0.4 is 0 Å². The first-order chi connectivity index (χ1) is 8.58. The van der Waals surface area contributed by atoms with Crippen LogP contribution in [0.1, 0.15) is 15.9 Å². The molecule has 0 aliphatic heterocycles. The number of hydrogen-bond donors (Lipinski definition) is 0. The summed E-state index contributed by atoms with van der Waals surface area (Å²) in [7, 11) is 1.75. The fourth-order valence-electron chi connectivity index (χ4n) is 1.60. The number of nitrogens with zero attached hydrogens (tertiary/aromatic N) is 1. The van der Waals surface area contributed by atoms with Gasteiger partial charge in [-0.05, 0) is 63.2 Å². The Labute approximate surface area is 123 Å². The van der Waals surface area contributed by atoms with E-state index in [1.165, 1.54) is 18.2 Å². The standard InChI is InChI=1S/C13H11FINOS/c1-16(7-9-4-5-18-8-9)13(17)11-3-2-10(14)6-12(11)15/h2-6,8H,7H2,1H3. The van der Waals surface area contributed by atoms with Crippen molar-refractivity contribution in [2.45, 2.75) is 6.54 Å². The Morgan fingerprint density at radius 3 is 2.83 bits per heavy atom. The smallest absolute Gasteiger partial charge is 0.254 e. The van der Waals surface area contributed by atoms with Crippen molar-refractivity contribution < 1.29 is 9.18 Å². The second kappa shape index (κ2) is 5.79. The van der Waals surface area contributed by atoms with E-state index in [9.17, 15) is 9.18 Å². The van der Waals surface area contributed by atoms with Gasteiger partial charge in [0.15, 0.2) is 0 Å². The molecule has 0 aliphatic carbocycles. The highest BCUT2D eigenvalue weighted by Crippen LogP contribution is 2.17. The Morgan fingerprint density at radius 2 is 2.22 bits per heavy atom. The molecule has 0 aliphatic rings.